The number of carbonyl (C=O) groups is 1. The Morgan fingerprint density at radius 3 is 2.57 bits per heavy atom. The fourth-order valence-corrected chi connectivity index (χ4v) is 1.82. The van der Waals surface area contributed by atoms with Crippen LogP contribution < -0.4 is 9.47 Å². The molecule has 5 nitrogen and oxygen atoms in total. The van der Waals surface area contributed by atoms with E-state index in [1.165, 1.54) is 44.5 Å². The first-order chi connectivity index (χ1) is 11.0. The van der Waals surface area contributed by atoms with Crippen LogP contribution in [0.2, 0.25) is 0 Å². The Kier molecular flexibility index (Phi) is 5.30. The summed E-state index contributed by atoms with van der Waals surface area (Å²) in [7, 11) is 1.47. The van der Waals surface area contributed by atoms with Crippen LogP contribution in [0, 0.1) is 5.82 Å². The van der Waals surface area contributed by atoms with Crippen LogP contribution >= 0.6 is 0 Å². The number of methoxy groups -OCH3 is 1. The van der Waals surface area contributed by atoms with Gasteiger partial charge in [0, 0.05) is 11.8 Å². The van der Waals surface area contributed by atoms with Gasteiger partial charge in [-0.05, 0) is 43.3 Å². The number of aliphatic imine (C=N–C) groups is 1. The van der Waals surface area contributed by atoms with Gasteiger partial charge in [0.2, 0.25) is 0 Å². The lowest BCUT2D eigenvalue weighted by molar-refractivity contribution is -0.144. The maximum absolute atomic E-state index is 12.9. The first-order valence-corrected chi connectivity index (χ1v) is 6.87. The highest BCUT2D eigenvalue weighted by Crippen LogP contribution is 2.31. The van der Waals surface area contributed by atoms with E-state index in [2.05, 4.69) is 4.99 Å². The number of ether oxygens (including phenoxy) is 2. The van der Waals surface area contributed by atoms with E-state index in [0.29, 0.717) is 17.0 Å². The summed E-state index contributed by atoms with van der Waals surface area (Å²) in [6.07, 6.45) is 0.476. The number of carboxylic acid groups (broad SMARTS) is 1. The predicted octanol–water partition coefficient (Wildman–Crippen LogP) is 3.44. The summed E-state index contributed by atoms with van der Waals surface area (Å²) in [5.74, 6) is -0.737. The van der Waals surface area contributed by atoms with Crippen molar-refractivity contribution in [2.24, 2.45) is 4.99 Å². The Morgan fingerprint density at radius 2 is 1.96 bits per heavy atom. The molecule has 0 fully saturated rings. The largest absolute Gasteiger partial charge is 0.493 e. The number of nitrogens with zero attached hydrogens (tertiary/aromatic N) is 1. The molecule has 2 aromatic carbocycles. The van der Waals surface area contributed by atoms with E-state index in [0.717, 1.165) is 0 Å². The molecule has 0 aliphatic carbocycles. The zero-order chi connectivity index (χ0) is 16.8. The van der Waals surface area contributed by atoms with Crippen LogP contribution in [0.4, 0.5) is 10.1 Å². The quantitative estimate of drug-likeness (QED) is 0.829. The van der Waals surface area contributed by atoms with Crippen LogP contribution in [-0.4, -0.2) is 30.5 Å². The maximum Gasteiger partial charge on any atom is 0.344 e. The monoisotopic (exact) mass is 317 g/mol. The molecular weight excluding hydrogens is 301 g/mol. The number of rotatable bonds is 6. The zero-order valence-corrected chi connectivity index (χ0v) is 12.7. The Bertz CT molecular complexity index is 713. The molecular formula is C17H16FNO4. The average Bonchev–Trinajstić information content (AvgIpc) is 2.55. The van der Waals surface area contributed by atoms with Crippen molar-refractivity contribution in [3.05, 3.63) is 53.8 Å². The Balaban J connectivity index is 2.33. The second kappa shape index (κ2) is 7.40. The molecule has 6 heteroatoms. The fourth-order valence-electron chi connectivity index (χ4n) is 1.82. The summed E-state index contributed by atoms with van der Waals surface area (Å²) in [6.45, 7) is 1.43. The molecule has 0 unspecified atom stereocenters. The normalized spacial score (nSPS) is 12.1. The smallest absolute Gasteiger partial charge is 0.344 e. The van der Waals surface area contributed by atoms with Crippen molar-refractivity contribution in [2.75, 3.05) is 7.11 Å². The van der Waals surface area contributed by atoms with Gasteiger partial charge in [-0.25, -0.2) is 9.18 Å². The molecule has 0 aliphatic rings. The predicted molar refractivity (Wildman–Crippen MR) is 84.4 cm³/mol. The molecule has 0 amide bonds. The van der Waals surface area contributed by atoms with E-state index in [4.69, 9.17) is 14.6 Å². The Morgan fingerprint density at radius 1 is 1.26 bits per heavy atom. The van der Waals surface area contributed by atoms with Crippen molar-refractivity contribution in [2.45, 2.75) is 13.0 Å². The summed E-state index contributed by atoms with van der Waals surface area (Å²) < 4.78 is 23.6. The van der Waals surface area contributed by atoms with Gasteiger partial charge in [-0.3, -0.25) is 4.99 Å². The maximum atomic E-state index is 12.9. The molecule has 0 saturated heterocycles. The van der Waals surface area contributed by atoms with E-state index in [1.54, 1.807) is 18.2 Å². The van der Waals surface area contributed by atoms with Crippen molar-refractivity contribution in [1.29, 1.82) is 0 Å². The minimum atomic E-state index is -1.09. The van der Waals surface area contributed by atoms with E-state index in [-0.39, 0.29) is 11.6 Å². The number of hydrogen-bond donors (Lipinski definition) is 1. The second-order valence-electron chi connectivity index (χ2n) is 4.71. The van der Waals surface area contributed by atoms with Gasteiger partial charge in [0.15, 0.2) is 17.6 Å². The molecule has 0 radical (unpaired) electrons. The minimum absolute atomic E-state index is 0.288. The van der Waals surface area contributed by atoms with Crippen molar-refractivity contribution >= 4 is 17.9 Å². The molecule has 0 heterocycles. The lowest BCUT2D eigenvalue weighted by atomic mass is 10.2. The van der Waals surface area contributed by atoms with Crippen LogP contribution in [0.5, 0.6) is 11.5 Å². The molecule has 1 N–H and O–H groups in total. The number of carboxylic acids is 1. The van der Waals surface area contributed by atoms with Crippen molar-refractivity contribution in [3.8, 4) is 11.5 Å². The second-order valence-corrected chi connectivity index (χ2v) is 4.71. The molecule has 0 bridgehead atoms. The molecule has 23 heavy (non-hydrogen) atoms. The summed E-state index contributed by atoms with van der Waals surface area (Å²) in [5.41, 5.74) is 1.12. The SMILES string of the molecule is COc1cccc(C=Nc2ccc(F)cc2)c1O[C@@H](C)C(=O)O. The summed E-state index contributed by atoms with van der Waals surface area (Å²) in [6, 6.07) is 10.8. The fraction of sp³-hybridized carbons (Fsp3) is 0.176. The third-order valence-corrected chi connectivity index (χ3v) is 3.05. The molecule has 0 aliphatic heterocycles. The zero-order valence-electron chi connectivity index (χ0n) is 12.7. The highest BCUT2D eigenvalue weighted by Gasteiger charge is 2.17. The number of hydrogen-bond acceptors (Lipinski definition) is 4. The van der Waals surface area contributed by atoms with Gasteiger partial charge in [-0.15, -0.1) is 0 Å². The average molecular weight is 317 g/mol. The van der Waals surface area contributed by atoms with Crippen LogP contribution in [0.25, 0.3) is 0 Å². The summed E-state index contributed by atoms with van der Waals surface area (Å²) in [4.78, 5) is 15.2. The van der Waals surface area contributed by atoms with Crippen LogP contribution in [-0.2, 0) is 4.79 Å². The number of benzene rings is 2. The van der Waals surface area contributed by atoms with Gasteiger partial charge < -0.3 is 14.6 Å². The van der Waals surface area contributed by atoms with Crippen LogP contribution in [0.1, 0.15) is 12.5 Å². The molecule has 0 saturated carbocycles. The number of para-hydroxylation sites is 1. The van der Waals surface area contributed by atoms with Crippen LogP contribution in [0.15, 0.2) is 47.5 Å². The van der Waals surface area contributed by atoms with Gasteiger partial charge in [-0.2, -0.15) is 0 Å². The molecule has 0 aromatic heterocycles. The van der Waals surface area contributed by atoms with E-state index in [1.807, 2.05) is 0 Å². The third kappa shape index (κ3) is 4.29. The highest BCUT2D eigenvalue weighted by atomic mass is 19.1. The lowest BCUT2D eigenvalue weighted by Gasteiger charge is -2.15. The van der Waals surface area contributed by atoms with Crippen molar-refractivity contribution in [1.82, 2.24) is 0 Å². The molecule has 120 valence electrons. The van der Waals surface area contributed by atoms with Gasteiger partial charge in [-0.1, -0.05) is 6.07 Å². The Hall–Kier alpha value is -2.89. The van der Waals surface area contributed by atoms with Crippen molar-refractivity contribution < 1.29 is 23.8 Å². The first-order valence-electron chi connectivity index (χ1n) is 6.87. The molecule has 1 atom stereocenters. The molecule has 2 rings (SSSR count). The summed E-state index contributed by atoms with van der Waals surface area (Å²) in [5, 5.41) is 9.00. The topological polar surface area (TPSA) is 68.1 Å². The highest BCUT2D eigenvalue weighted by molar-refractivity contribution is 5.87. The van der Waals surface area contributed by atoms with Crippen LogP contribution in [0.3, 0.4) is 0 Å². The number of halogens is 1. The van der Waals surface area contributed by atoms with Gasteiger partial charge in [0.25, 0.3) is 0 Å². The first kappa shape index (κ1) is 16.5. The van der Waals surface area contributed by atoms with Gasteiger partial charge >= 0.3 is 5.97 Å². The lowest BCUT2D eigenvalue weighted by Crippen LogP contribution is -2.23. The Labute approximate surface area is 133 Å². The van der Waals surface area contributed by atoms with E-state index in [9.17, 15) is 9.18 Å². The van der Waals surface area contributed by atoms with E-state index < -0.39 is 12.1 Å². The van der Waals surface area contributed by atoms with Gasteiger partial charge in [0.1, 0.15) is 5.82 Å². The standard InChI is InChI=1S/C17H16FNO4/c1-11(17(20)21)23-16-12(4-3-5-15(16)22-2)10-19-14-8-6-13(18)7-9-14/h3-11H,1-2H3,(H,20,21)/t11-/m0/s1. The number of aliphatic carboxylic acids is 1. The molecule has 2 aromatic rings. The third-order valence-electron chi connectivity index (χ3n) is 3.05. The van der Waals surface area contributed by atoms with E-state index >= 15 is 0 Å². The molecule has 0 spiro atoms. The van der Waals surface area contributed by atoms with Gasteiger partial charge in [0.05, 0.1) is 12.8 Å². The summed E-state index contributed by atoms with van der Waals surface area (Å²) >= 11 is 0. The van der Waals surface area contributed by atoms with Crippen molar-refractivity contribution in [3.63, 3.8) is 0 Å². The minimum Gasteiger partial charge on any atom is -0.493 e.